The van der Waals surface area contributed by atoms with Crippen LogP contribution >= 0.6 is 0 Å². The van der Waals surface area contributed by atoms with Gasteiger partial charge in [-0.25, -0.2) is 0 Å². The Kier molecular flexibility index (Phi) is 44.5. The minimum absolute atomic E-state index is 0.0125. The maximum absolute atomic E-state index is 12.5. The van der Waals surface area contributed by atoms with Crippen molar-refractivity contribution < 1.29 is 122 Å². The standard InChI is InChI=1S/C69H126O24/c1-6-7-8-9-10-11-12-13-14-15-16-17-25-52(78)63(87)68-66(90)58(84)39-60(93-68)67(91)62(86)43(4)28-31-51(77)59-38-57(83)65(89)69(92-59)64(88)55(81)33-42(3)27-30-48(74)37-56(82)61(85)44(5)34-54(80)53(79)32-41(2)26-29-47(73)36-50(76)35-46(72)24-20-23-45(71)21-18-19-22-49(75)40-70/h6,17,25,33,41,44-49,51-75,77-91H,1,4,7-16,18-24,26-32,34-40H2,2-3,5H3. The predicted molar refractivity (Wildman–Crippen MR) is 349 cm³/mol. The van der Waals surface area contributed by atoms with E-state index in [2.05, 4.69) is 13.2 Å². The van der Waals surface area contributed by atoms with Gasteiger partial charge in [0.1, 0.15) is 66.8 Å². The largest absolute Gasteiger partial charge is 0.394 e. The number of allylic oxidation sites excluding steroid dienone is 3. The highest BCUT2D eigenvalue weighted by molar-refractivity contribution is 5.79. The van der Waals surface area contributed by atoms with Crippen molar-refractivity contribution in [2.75, 3.05) is 6.61 Å². The second kappa shape index (κ2) is 47.7. The van der Waals surface area contributed by atoms with E-state index in [4.69, 9.17) is 14.6 Å². The van der Waals surface area contributed by atoms with Gasteiger partial charge in [-0.15, -0.1) is 6.58 Å². The molecule has 2 rings (SSSR count). The van der Waals surface area contributed by atoms with Gasteiger partial charge >= 0.3 is 0 Å². The molecule has 2 aliphatic rings. The van der Waals surface area contributed by atoms with Gasteiger partial charge in [0, 0.05) is 32.1 Å². The Bertz CT molecular complexity index is 2040. The average molecular weight is 1340 g/mol. The average Bonchev–Trinajstić information content (AvgIpc) is 0.835. The van der Waals surface area contributed by atoms with Gasteiger partial charge in [-0.2, -0.15) is 0 Å². The number of ether oxygens (including phenoxy) is 2. The number of carbonyl (C=O) groups excluding carboxylic acids is 1. The summed E-state index contributed by atoms with van der Waals surface area (Å²) in [6, 6.07) is 0. The van der Waals surface area contributed by atoms with Crippen molar-refractivity contribution in [1.29, 1.82) is 0 Å². The maximum atomic E-state index is 12.5. The predicted octanol–water partition coefficient (Wildman–Crippen LogP) is 1.52. The van der Waals surface area contributed by atoms with Crippen LogP contribution in [0.2, 0.25) is 0 Å². The summed E-state index contributed by atoms with van der Waals surface area (Å²) in [6.45, 7) is 12.3. The quantitative estimate of drug-likeness (QED) is 0.0303. The minimum Gasteiger partial charge on any atom is -0.394 e. The molecule has 0 bridgehead atoms. The monoisotopic (exact) mass is 1340 g/mol. The topological polar surface area (TPSA) is 460 Å². The zero-order valence-electron chi connectivity index (χ0n) is 55.8. The molecule has 0 spiro atoms. The van der Waals surface area contributed by atoms with Crippen LogP contribution in [-0.2, 0) is 14.3 Å². The van der Waals surface area contributed by atoms with Crippen molar-refractivity contribution in [2.24, 2.45) is 11.8 Å². The molecule has 0 saturated carbocycles. The van der Waals surface area contributed by atoms with E-state index in [0.717, 1.165) is 38.5 Å². The van der Waals surface area contributed by atoms with Crippen molar-refractivity contribution >= 4 is 5.78 Å². The Labute approximate surface area is 552 Å². The van der Waals surface area contributed by atoms with Gasteiger partial charge in [0.2, 0.25) is 0 Å². The summed E-state index contributed by atoms with van der Waals surface area (Å²) in [7, 11) is 0. The highest BCUT2D eigenvalue weighted by atomic mass is 16.6. The second-order valence-electron chi connectivity index (χ2n) is 27.4. The zero-order valence-corrected chi connectivity index (χ0v) is 55.8. The number of ketones is 1. The first kappa shape index (κ1) is 86.8. The Hall–Kier alpha value is -2.29. The SMILES string of the molecule is C=CCCCCCCCCCCC=CC(O)C(O)C1OC(C(O)C(O)C(=C)CCC(O)C2CC(O)C(O)C(C(O)C(O)C=C(C)CCC(O)CC(O)C(O)C(C)CC(O)C(O)CC(C)CCC(O)CC(=O)CC(O)CCCC(O)CCCCC(O)CO)O2)CC(O)C1O. The van der Waals surface area contributed by atoms with Gasteiger partial charge < -0.3 is 117 Å². The number of Topliss-reactive ketones (excluding diaryl/α,β-unsaturated/α-hetero) is 1. The van der Waals surface area contributed by atoms with E-state index in [9.17, 15) is 107 Å². The Morgan fingerprint density at radius 2 is 1.02 bits per heavy atom. The highest BCUT2D eigenvalue weighted by Gasteiger charge is 2.47. The minimum atomic E-state index is -1.83. The molecular formula is C69H126O24. The summed E-state index contributed by atoms with van der Waals surface area (Å²) >= 11 is 0. The van der Waals surface area contributed by atoms with E-state index in [1.807, 2.05) is 13.0 Å². The van der Waals surface area contributed by atoms with Gasteiger partial charge in [-0.1, -0.05) is 102 Å². The molecule has 0 aliphatic carbocycles. The highest BCUT2D eigenvalue weighted by Crippen LogP contribution is 2.32. The van der Waals surface area contributed by atoms with E-state index in [0.29, 0.717) is 63.4 Å². The van der Waals surface area contributed by atoms with Crippen LogP contribution in [0.15, 0.2) is 48.6 Å². The molecule has 0 aromatic rings. The number of unbranched alkanes of at least 4 members (excludes halogenated alkanes) is 10. The first-order chi connectivity index (χ1) is 43.9. The number of hydrogen-bond donors (Lipinski definition) is 21. The summed E-state index contributed by atoms with van der Waals surface area (Å²) < 4.78 is 11.6. The van der Waals surface area contributed by atoms with Crippen molar-refractivity contribution in [2.45, 2.75) is 360 Å². The van der Waals surface area contributed by atoms with Crippen molar-refractivity contribution in [3.05, 3.63) is 48.6 Å². The van der Waals surface area contributed by atoms with Gasteiger partial charge in [-0.3, -0.25) is 4.79 Å². The van der Waals surface area contributed by atoms with Gasteiger partial charge in [0.25, 0.3) is 0 Å². The van der Waals surface area contributed by atoms with Gasteiger partial charge in [0.15, 0.2) is 0 Å². The van der Waals surface area contributed by atoms with Crippen molar-refractivity contribution in [3.8, 4) is 0 Å². The van der Waals surface area contributed by atoms with Crippen LogP contribution in [-0.4, -0.2) is 266 Å². The van der Waals surface area contributed by atoms with E-state index >= 15 is 0 Å². The smallest absolute Gasteiger partial charge is 0.138 e. The lowest BCUT2D eigenvalue weighted by atomic mass is 9.86. The molecule has 546 valence electrons. The summed E-state index contributed by atoms with van der Waals surface area (Å²) in [5, 5.41) is 224. The van der Waals surface area contributed by atoms with E-state index in [-0.39, 0.29) is 101 Å². The number of hydrogen-bond acceptors (Lipinski definition) is 24. The summed E-state index contributed by atoms with van der Waals surface area (Å²) in [6.07, 6.45) is -13.4. The molecule has 0 aromatic carbocycles. The fourth-order valence-corrected chi connectivity index (χ4v) is 12.4. The molecule has 2 saturated heterocycles. The van der Waals surface area contributed by atoms with Crippen LogP contribution in [0.5, 0.6) is 0 Å². The fraction of sp³-hybridized carbons (Fsp3) is 0.870. The third-order valence-electron chi connectivity index (χ3n) is 18.7. The van der Waals surface area contributed by atoms with E-state index < -0.39 is 152 Å². The number of carbonyl (C=O) groups is 1. The van der Waals surface area contributed by atoms with Gasteiger partial charge in [0.05, 0.1) is 92.1 Å². The lowest BCUT2D eigenvalue weighted by Gasteiger charge is -2.42. The molecule has 26 atom stereocenters. The molecule has 24 nitrogen and oxygen atoms in total. The Balaban J connectivity index is 1.78. The van der Waals surface area contributed by atoms with Gasteiger partial charge in [-0.05, 0) is 133 Å². The van der Waals surface area contributed by atoms with Crippen LogP contribution in [0, 0.1) is 11.8 Å². The summed E-state index contributed by atoms with van der Waals surface area (Å²) in [5.41, 5.74) is 0.477. The van der Waals surface area contributed by atoms with Crippen LogP contribution < -0.4 is 0 Å². The third-order valence-corrected chi connectivity index (χ3v) is 18.7. The summed E-state index contributed by atoms with van der Waals surface area (Å²) in [4.78, 5) is 12.5. The first-order valence-electron chi connectivity index (χ1n) is 34.6. The second-order valence-corrected chi connectivity index (χ2v) is 27.4. The van der Waals surface area contributed by atoms with E-state index in [1.54, 1.807) is 19.9 Å². The molecule has 2 fully saturated rings. The fourth-order valence-electron chi connectivity index (χ4n) is 12.4. The molecule has 93 heavy (non-hydrogen) atoms. The molecule has 26 unspecified atom stereocenters. The number of aliphatic hydroxyl groups is 21. The van der Waals surface area contributed by atoms with Crippen LogP contribution in [0.1, 0.15) is 213 Å². The third kappa shape index (κ3) is 34.4. The number of rotatable bonds is 53. The van der Waals surface area contributed by atoms with E-state index in [1.165, 1.54) is 31.4 Å². The van der Waals surface area contributed by atoms with Crippen LogP contribution in [0.25, 0.3) is 0 Å². The molecule has 2 heterocycles. The number of aliphatic hydroxyl groups excluding tert-OH is 21. The van der Waals surface area contributed by atoms with Crippen LogP contribution in [0.3, 0.4) is 0 Å². The molecule has 0 aromatic heterocycles. The maximum Gasteiger partial charge on any atom is 0.138 e. The molecule has 21 N–H and O–H groups in total. The zero-order chi connectivity index (χ0) is 69.9. The molecule has 0 amide bonds. The Morgan fingerprint density at radius 1 is 0.516 bits per heavy atom. The Morgan fingerprint density at radius 3 is 1.61 bits per heavy atom. The normalized spacial score (nSPS) is 26.7. The molecular weight excluding hydrogens is 1210 g/mol. The lowest BCUT2D eigenvalue weighted by Crippen LogP contribution is -2.59. The molecule has 24 heteroatoms. The molecule has 2 aliphatic heterocycles. The lowest BCUT2D eigenvalue weighted by molar-refractivity contribution is -0.234. The molecule has 0 radical (unpaired) electrons. The van der Waals surface area contributed by atoms with Crippen molar-refractivity contribution in [1.82, 2.24) is 0 Å². The first-order valence-corrected chi connectivity index (χ1v) is 34.6. The summed E-state index contributed by atoms with van der Waals surface area (Å²) in [5.74, 6) is -1.22. The van der Waals surface area contributed by atoms with Crippen LogP contribution in [0.4, 0.5) is 0 Å². The van der Waals surface area contributed by atoms with Crippen molar-refractivity contribution in [3.63, 3.8) is 0 Å².